The largest absolute Gasteiger partial charge is 0.317 e. The highest BCUT2D eigenvalue weighted by atomic mass is 32.2. The summed E-state index contributed by atoms with van der Waals surface area (Å²) in [6.45, 7) is 7.54. The maximum Gasteiger partial charge on any atom is 0.0158 e. The third kappa shape index (κ3) is 3.94. The lowest BCUT2D eigenvalue weighted by molar-refractivity contribution is 0.217. The SMILES string of the molecule is CC1CSCCN1CCCC1CCNCC1. The number of hydrogen-bond donors (Lipinski definition) is 1. The summed E-state index contributed by atoms with van der Waals surface area (Å²) in [5.74, 6) is 3.70. The van der Waals surface area contributed by atoms with E-state index in [1.165, 1.54) is 63.4 Å². The van der Waals surface area contributed by atoms with Crippen LogP contribution in [0, 0.1) is 5.92 Å². The topological polar surface area (TPSA) is 15.3 Å². The first kappa shape index (κ1) is 12.7. The van der Waals surface area contributed by atoms with Crippen molar-refractivity contribution >= 4 is 11.8 Å². The van der Waals surface area contributed by atoms with E-state index >= 15 is 0 Å². The van der Waals surface area contributed by atoms with Crippen molar-refractivity contribution in [2.75, 3.05) is 37.7 Å². The van der Waals surface area contributed by atoms with Gasteiger partial charge in [-0.05, 0) is 58.2 Å². The fourth-order valence-corrected chi connectivity index (χ4v) is 3.93. The average Bonchev–Trinajstić information content (AvgIpc) is 2.33. The number of rotatable bonds is 4. The molecule has 0 saturated carbocycles. The summed E-state index contributed by atoms with van der Waals surface area (Å²) in [5.41, 5.74) is 0. The predicted molar refractivity (Wildman–Crippen MR) is 73.2 cm³/mol. The van der Waals surface area contributed by atoms with Crippen molar-refractivity contribution in [1.29, 1.82) is 0 Å². The molecule has 2 aliphatic rings. The molecule has 0 aromatic carbocycles. The second kappa shape index (κ2) is 6.87. The van der Waals surface area contributed by atoms with Crippen LogP contribution in [0.5, 0.6) is 0 Å². The molecule has 2 rings (SSSR count). The van der Waals surface area contributed by atoms with Crippen molar-refractivity contribution < 1.29 is 0 Å². The second-order valence-electron chi connectivity index (χ2n) is 5.30. The number of piperidine rings is 1. The first-order valence-corrected chi connectivity index (χ1v) is 8.04. The van der Waals surface area contributed by atoms with Gasteiger partial charge in [0.15, 0.2) is 0 Å². The molecule has 3 heteroatoms. The molecule has 1 unspecified atom stereocenters. The molecular weight excluding hydrogens is 216 g/mol. The molecule has 16 heavy (non-hydrogen) atoms. The first-order chi connectivity index (χ1) is 7.86. The van der Waals surface area contributed by atoms with E-state index in [1.54, 1.807) is 0 Å². The Hall–Kier alpha value is 0.270. The van der Waals surface area contributed by atoms with E-state index in [4.69, 9.17) is 0 Å². The lowest BCUT2D eigenvalue weighted by atomic mass is 9.93. The molecule has 1 atom stereocenters. The fraction of sp³-hybridized carbons (Fsp3) is 1.00. The van der Waals surface area contributed by atoms with Crippen LogP contribution in [0.4, 0.5) is 0 Å². The van der Waals surface area contributed by atoms with Crippen molar-refractivity contribution in [3.8, 4) is 0 Å². The Bertz CT molecular complexity index is 192. The monoisotopic (exact) mass is 242 g/mol. The molecular formula is C13H26N2S. The zero-order valence-electron chi connectivity index (χ0n) is 10.6. The summed E-state index contributed by atoms with van der Waals surface area (Å²) in [4.78, 5) is 2.69. The summed E-state index contributed by atoms with van der Waals surface area (Å²) in [6, 6.07) is 0.812. The highest BCUT2D eigenvalue weighted by Crippen LogP contribution is 2.20. The van der Waals surface area contributed by atoms with Crippen molar-refractivity contribution in [3.05, 3.63) is 0 Å². The van der Waals surface area contributed by atoms with Crippen LogP contribution < -0.4 is 5.32 Å². The third-order valence-electron chi connectivity index (χ3n) is 4.02. The fourth-order valence-electron chi connectivity index (χ4n) is 2.85. The van der Waals surface area contributed by atoms with Crippen LogP contribution in [0.2, 0.25) is 0 Å². The molecule has 2 fully saturated rings. The van der Waals surface area contributed by atoms with Crippen molar-refractivity contribution in [1.82, 2.24) is 10.2 Å². The first-order valence-electron chi connectivity index (χ1n) is 6.89. The normalized spacial score (nSPS) is 29.4. The van der Waals surface area contributed by atoms with Crippen molar-refractivity contribution in [2.45, 2.75) is 38.6 Å². The van der Waals surface area contributed by atoms with Crippen LogP contribution in [0.15, 0.2) is 0 Å². The lowest BCUT2D eigenvalue weighted by Crippen LogP contribution is -2.41. The Balaban J connectivity index is 1.59. The predicted octanol–water partition coefficient (Wildman–Crippen LogP) is 2.20. The van der Waals surface area contributed by atoms with Gasteiger partial charge in [-0.1, -0.05) is 0 Å². The molecule has 0 aliphatic carbocycles. The molecule has 0 amide bonds. The highest BCUT2D eigenvalue weighted by Gasteiger charge is 2.19. The van der Waals surface area contributed by atoms with E-state index in [2.05, 4.69) is 28.9 Å². The minimum Gasteiger partial charge on any atom is -0.317 e. The van der Waals surface area contributed by atoms with E-state index < -0.39 is 0 Å². The van der Waals surface area contributed by atoms with Gasteiger partial charge in [0, 0.05) is 24.1 Å². The standard InChI is InChI=1S/C13H26N2S/c1-12-11-16-10-9-15(12)8-2-3-13-4-6-14-7-5-13/h12-14H,2-11H2,1H3. The summed E-state index contributed by atoms with van der Waals surface area (Å²) < 4.78 is 0. The Morgan fingerprint density at radius 1 is 1.31 bits per heavy atom. The van der Waals surface area contributed by atoms with Gasteiger partial charge in [-0.25, -0.2) is 0 Å². The minimum absolute atomic E-state index is 0.812. The Kier molecular flexibility index (Phi) is 5.46. The molecule has 0 aromatic heterocycles. The minimum atomic E-state index is 0.812. The van der Waals surface area contributed by atoms with Gasteiger partial charge in [0.25, 0.3) is 0 Å². The molecule has 0 radical (unpaired) electrons. The van der Waals surface area contributed by atoms with Crippen LogP contribution in [0.3, 0.4) is 0 Å². The number of nitrogens with zero attached hydrogens (tertiary/aromatic N) is 1. The van der Waals surface area contributed by atoms with Gasteiger partial charge >= 0.3 is 0 Å². The molecule has 2 aliphatic heterocycles. The summed E-state index contributed by atoms with van der Waals surface area (Å²) in [6.07, 6.45) is 5.69. The molecule has 0 spiro atoms. The van der Waals surface area contributed by atoms with Crippen molar-refractivity contribution in [2.24, 2.45) is 5.92 Å². The van der Waals surface area contributed by atoms with Crippen LogP contribution >= 0.6 is 11.8 Å². The summed E-state index contributed by atoms with van der Waals surface area (Å²) >= 11 is 2.12. The molecule has 2 saturated heterocycles. The zero-order valence-corrected chi connectivity index (χ0v) is 11.4. The maximum atomic E-state index is 3.45. The highest BCUT2D eigenvalue weighted by molar-refractivity contribution is 7.99. The van der Waals surface area contributed by atoms with E-state index in [1.807, 2.05) is 0 Å². The van der Waals surface area contributed by atoms with E-state index in [9.17, 15) is 0 Å². The number of thioether (sulfide) groups is 1. The summed E-state index contributed by atoms with van der Waals surface area (Å²) in [5, 5.41) is 3.45. The zero-order chi connectivity index (χ0) is 11.2. The van der Waals surface area contributed by atoms with Crippen LogP contribution in [-0.2, 0) is 0 Å². The van der Waals surface area contributed by atoms with Gasteiger partial charge in [0.05, 0.1) is 0 Å². The quantitative estimate of drug-likeness (QED) is 0.814. The molecule has 2 heterocycles. The van der Waals surface area contributed by atoms with Gasteiger partial charge in [0.2, 0.25) is 0 Å². The lowest BCUT2D eigenvalue weighted by Gasteiger charge is -2.33. The van der Waals surface area contributed by atoms with Gasteiger partial charge in [-0.2, -0.15) is 11.8 Å². The Morgan fingerprint density at radius 3 is 2.88 bits per heavy atom. The van der Waals surface area contributed by atoms with Crippen molar-refractivity contribution in [3.63, 3.8) is 0 Å². The molecule has 94 valence electrons. The molecule has 2 nitrogen and oxygen atoms in total. The average molecular weight is 242 g/mol. The molecule has 0 aromatic rings. The van der Waals surface area contributed by atoms with E-state index in [-0.39, 0.29) is 0 Å². The van der Waals surface area contributed by atoms with Gasteiger partial charge in [0.1, 0.15) is 0 Å². The number of nitrogens with one attached hydrogen (secondary N) is 1. The van der Waals surface area contributed by atoms with E-state index in [0.717, 1.165) is 12.0 Å². The third-order valence-corrected chi connectivity index (χ3v) is 5.21. The molecule has 0 bridgehead atoms. The Morgan fingerprint density at radius 2 is 2.12 bits per heavy atom. The summed E-state index contributed by atoms with van der Waals surface area (Å²) in [7, 11) is 0. The van der Waals surface area contributed by atoms with Gasteiger partial charge in [-0.3, -0.25) is 4.90 Å². The second-order valence-corrected chi connectivity index (χ2v) is 6.45. The van der Waals surface area contributed by atoms with Crippen LogP contribution in [0.25, 0.3) is 0 Å². The van der Waals surface area contributed by atoms with Gasteiger partial charge in [-0.15, -0.1) is 0 Å². The Labute approximate surface area is 105 Å². The maximum absolute atomic E-state index is 3.45. The smallest absolute Gasteiger partial charge is 0.0158 e. The van der Waals surface area contributed by atoms with Crippen LogP contribution in [0.1, 0.15) is 32.6 Å². The molecule has 1 N–H and O–H groups in total. The van der Waals surface area contributed by atoms with Gasteiger partial charge < -0.3 is 5.32 Å². The van der Waals surface area contributed by atoms with E-state index in [0.29, 0.717) is 0 Å². The number of hydrogen-bond acceptors (Lipinski definition) is 3. The van der Waals surface area contributed by atoms with Crippen LogP contribution in [-0.4, -0.2) is 48.6 Å².